The number of aromatic nitrogens is 1. The molecule has 0 fully saturated rings. The molecule has 0 amide bonds. The molecule has 0 spiro atoms. The second-order valence-corrected chi connectivity index (χ2v) is 6.59. The number of aromatic amines is 1. The number of fused-ring (bicyclic) bond motifs is 2. The summed E-state index contributed by atoms with van der Waals surface area (Å²) in [4.78, 5) is 3.42. The fourth-order valence-electron chi connectivity index (χ4n) is 4.01. The van der Waals surface area contributed by atoms with Crippen LogP contribution in [0.4, 0.5) is 0 Å². The fraction of sp³-hybridized carbons (Fsp3) is 0.182. The maximum Gasteiger partial charge on any atom is 0.134 e. The average molecular weight is 313 g/mol. The van der Waals surface area contributed by atoms with Gasteiger partial charge in [-0.15, -0.1) is 0 Å². The minimum Gasteiger partial charge on any atom is -0.461 e. The van der Waals surface area contributed by atoms with E-state index in [0.717, 1.165) is 23.5 Å². The minimum atomic E-state index is 0.422. The first-order chi connectivity index (χ1) is 11.9. The molecule has 1 atom stereocenters. The van der Waals surface area contributed by atoms with Gasteiger partial charge in [-0.05, 0) is 30.5 Å². The van der Waals surface area contributed by atoms with Crippen molar-refractivity contribution in [1.82, 2.24) is 4.98 Å². The first-order valence-electron chi connectivity index (χ1n) is 8.64. The fourth-order valence-corrected chi connectivity index (χ4v) is 4.01. The molecule has 5 rings (SSSR count). The summed E-state index contributed by atoms with van der Waals surface area (Å²) in [5, 5.41) is 1.33. The molecular weight excluding hydrogens is 294 g/mol. The van der Waals surface area contributed by atoms with Crippen LogP contribution in [-0.4, -0.2) is 4.98 Å². The summed E-state index contributed by atoms with van der Waals surface area (Å²) < 4.78 is 6.22. The van der Waals surface area contributed by atoms with E-state index in [9.17, 15) is 0 Å². The molecule has 2 aromatic carbocycles. The highest BCUT2D eigenvalue weighted by Gasteiger charge is 2.27. The van der Waals surface area contributed by atoms with Crippen LogP contribution in [0.15, 0.2) is 71.3 Å². The first-order valence-corrected chi connectivity index (χ1v) is 8.64. The van der Waals surface area contributed by atoms with Crippen molar-refractivity contribution >= 4 is 10.9 Å². The molecular formula is C22H19NO. The summed E-state index contributed by atoms with van der Waals surface area (Å²) in [5.74, 6) is 2.58. The maximum atomic E-state index is 6.22. The van der Waals surface area contributed by atoms with Gasteiger partial charge in [-0.25, -0.2) is 0 Å². The topological polar surface area (TPSA) is 28.9 Å². The largest absolute Gasteiger partial charge is 0.461 e. The van der Waals surface area contributed by atoms with Gasteiger partial charge >= 0.3 is 0 Å². The van der Waals surface area contributed by atoms with Crippen molar-refractivity contribution in [2.45, 2.75) is 25.2 Å². The van der Waals surface area contributed by atoms with Crippen LogP contribution in [0.2, 0.25) is 0 Å². The third-order valence-corrected chi connectivity index (χ3v) is 5.17. The van der Waals surface area contributed by atoms with Gasteiger partial charge in [0.1, 0.15) is 11.5 Å². The van der Waals surface area contributed by atoms with E-state index in [-0.39, 0.29) is 0 Å². The molecule has 0 bridgehead atoms. The Kier molecular flexibility index (Phi) is 3.08. The van der Waals surface area contributed by atoms with Crippen molar-refractivity contribution in [3.8, 4) is 11.3 Å². The zero-order valence-corrected chi connectivity index (χ0v) is 13.5. The molecule has 1 aliphatic rings. The Labute approximate surface area is 141 Å². The Balaban J connectivity index is 1.63. The lowest BCUT2D eigenvalue weighted by molar-refractivity contribution is 0.474. The molecule has 1 unspecified atom stereocenters. The van der Waals surface area contributed by atoms with E-state index in [1.165, 1.54) is 34.9 Å². The van der Waals surface area contributed by atoms with Crippen molar-refractivity contribution in [3.63, 3.8) is 0 Å². The van der Waals surface area contributed by atoms with E-state index in [0.29, 0.717) is 5.92 Å². The number of hydrogen-bond donors (Lipinski definition) is 1. The summed E-state index contributed by atoms with van der Waals surface area (Å²) >= 11 is 0. The van der Waals surface area contributed by atoms with Crippen LogP contribution >= 0.6 is 0 Å². The molecule has 2 nitrogen and oxygen atoms in total. The monoisotopic (exact) mass is 313 g/mol. The quantitative estimate of drug-likeness (QED) is 0.490. The standard InChI is InChI=1S/C22H19NO/c1-2-7-15(8-3-1)22-13-18-16(10-6-12-21(18)24-22)19-14-23-20-11-5-4-9-17(19)20/h1-5,7-9,11,13-14,16,23H,6,10,12H2. The van der Waals surface area contributed by atoms with Gasteiger partial charge in [-0.2, -0.15) is 0 Å². The molecule has 1 N–H and O–H groups in total. The Morgan fingerprint density at radius 2 is 1.75 bits per heavy atom. The number of H-pyrrole nitrogens is 1. The van der Waals surface area contributed by atoms with Crippen LogP contribution in [0.1, 0.15) is 35.6 Å². The van der Waals surface area contributed by atoms with E-state index in [2.05, 4.69) is 65.8 Å². The highest BCUT2D eigenvalue weighted by atomic mass is 16.3. The van der Waals surface area contributed by atoms with E-state index in [1.54, 1.807) is 0 Å². The second-order valence-electron chi connectivity index (χ2n) is 6.59. The number of rotatable bonds is 2. The van der Waals surface area contributed by atoms with E-state index < -0.39 is 0 Å². The van der Waals surface area contributed by atoms with Gasteiger partial charge in [-0.1, -0.05) is 48.5 Å². The molecule has 0 aliphatic heterocycles. The van der Waals surface area contributed by atoms with Crippen molar-refractivity contribution in [2.24, 2.45) is 0 Å². The number of nitrogens with one attached hydrogen (secondary N) is 1. The summed E-state index contributed by atoms with van der Waals surface area (Å²) in [6.45, 7) is 0. The molecule has 0 saturated carbocycles. The van der Waals surface area contributed by atoms with Crippen LogP contribution in [-0.2, 0) is 6.42 Å². The predicted octanol–water partition coefficient (Wildman–Crippen LogP) is 5.90. The Hall–Kier alpha value is -2.74. The lowest BCUT2D eigenvalue weighted by Gasteiger charge is -2.21. The van der Waals surface area contributed by atoms with Gasteiger partial charge in [0.05, 0.1) is 0 Å². The van der Waals surface area contributed by atoms with Gasteiger partial charge in [0, 0.05) is 40.6 Å². The van der Waals surface area contributed by atoms with Crippen LogP contribution < -0.4 is 0 Å². The number of furan rings is 1. The number of para-hydroxylation sites is 1. The first kappa shape index (κ1) is 13.7. The van der Waals surface area contributed by atoms with Crippen molar-refractivity contribution in [3.05, 3.63) is 83.7 Å². The Morgan fingerprint density at radius 1 is 0.917 bits per heavy atom. The lowest BCUT2D eigenvalue weighted by Crippen LogP contribution is -2.08. The van der Waals surface area contributed by atoms with E-state index in [1.807, 2.05) is 6.07 Å². The molecule has 2 aromatic heterocycles. The number of aryl methyl sites for hydroxylation is 1. The molecule has 2 heteroatoms. The Morgan fingerprint density at radius 3 is 2.67 bits per heavy atom. The Bertz CT molecular complexity index is 993. The van der Waals surface area contributed by atoms with Gasteiger partial charge < -0.3 is 9.40 Å². The zero-order valence-electron chi connectivity index (χ0n) is 13.5. The van der Waals surface area contributed by atoms with E-state index >= 15 is 0 Å². The predicted molar refractivity (Wildman–Crippen MR) is 97.2 cm³/mol. The van der Waals surface area contributed by atoms with Crippen LogP contribution in [0.3, 0.4) is 0 Å². The molecule has 2 heterocycles. The van der Waals surface area contributed by atoms with Gasteiger partial charge in [-0.3, -0.25) is 0 Å². The molecule has 1 aliphatic carbocycles. The highest BCUT2D eigenvalue weighted by Crippen LogP contribution is 2.42. The van der Waals surface area contributed by atoms with Crippen molar-refractivity contribution in [1.29, 1.82) is 0 Å². The minimum absolute atomic E-state index is 0.422. The third-order valence-electron chi connectivity index (χ3n) is 5.17. The number of benzene rings is 2. The van der Waals surface area contributed by atoms with Crippen LogP contribution in [0, 0.1) is 0 Å². The van der Waals surface area contributed by atoms with Crippen molar-refractivity contribution in [2.75, 3.05) is 0 Å². The molecule has 0 saturated heterocycles. The second kappa shape index (κ2) is 5.41. The summed E-state index contributed by atoms with van der Waals surface area (Å²) in [7, 11) is 0. The molecule has 4 aromatic rings. The summed E-state index contributed by atoms with van der Waals surface area (Å²) in [6.07, 6.45) is 5.59. The van der Waals surface area contributed by atoms with Gasteiger partial charge in [0.15, 0.2) is 0 Å². The highest BCUT2D eigenvalue weighted by molar-refractivity contribution is 5.84. The maximum absolute atomic E-state index is 6.22. The van der Waals surface area contributed by atoms with Crippen LogP contribution in [0.5, 0.6) is 0 Å². The third kappa shape index (κ3) is 2.10. The summed E-state index contributed by atoms with van der Waals surface area (Å²) in [5.41, 5.74) is 5.13. The normalized spacial score (nSPS) is 17.1. The average Bonchev–Trinajstić information content (AvgIpc) is 3.26. The molecule has 0 radical (unpaired) electrons. The van der Waals surface area contributed by atoms with Gasteiger partial charge in [0.25, 0.3) is 0 Å². The number of hydrogen-bond acceptors (Lipinski definition) is 1. The SMILES string of the molecule is c1ccc(-c2cc3c(o2)CCCC3c2c[nH]c3ccccc23)cc1. The van der Waals surface area contributed by atoms with Gasteiger partial charge in [0.2, 0.25) is 0 Å². The zero-order chi connectivity index (χ0) is 15.9. The summed E-state index contributed by atoms with van der Waals surface area (Å²) in [6, 6.07) is 21.2. The van der Waals surface area contributed by atoms with E-state index in [4.69, 9.17) is 4.42 Å². The molecule has 118 valence electrons. The smallest absolute Gasteiger partial charge is 0.134 e. The van der Waals surface area contributed by atoms with Crippen LogP contribution in [0.25, 0.3) is 22.2 Å². The lowest BCUT2D eigenvalue weighted by atomic mass is 9.82. The van der Waals surface area contributed by atoms with Crippen molar-refractivity contribution < 1.29 is 4.42 Å². The molecule has 24 heavy (non-hydrogen) atoms.